The van der Waals surface area contributed by atoms with Gasteiger partial charge in [0.25, 0.3) is 0 Å². The van der Waals surface area contributed by atoms with Gasteiger partial charge in [0.05, 0.1) is 0 Å². The fraction of sp³-hybridized carbons (Fsp3) is 0.625. The second-order valence-corrected chi connectivity index (χ2v) is 6.34. The highest BCUT2D eigenvalue weighted by atomic mass is 35.5. The molecule has 2 rings (SSSR count). The molecule has 1 heterocycles. The number of piperidine rings is 1. The minimum absolute atomic E-state index is 0.170. The minimum atomic E-state index is -0.170. The first-order valence-corrected chi connectivity index (χ1v) is 7.85. The standard InChI is InChI=1S/C16H24ClFN2/c1-12(2)20(11-15-5-3-4-8-19-15)10-13-9-14(17)6-7-16(13)18/h6-7,9,12,15,19H,3-5,8,10-11H2,1-2H3. The molecule has 0 amide bonds. The van der Waals surface area contributed by atoms with Gasteiger partial charge < -0.3 is 5.32 Å². The van der Waals surface area contributed by atoms with Crippen LogP contribution in [-0.4, -0.2) is 30.1 Å². The predicted molar refractivity (Wildman–Crippen MR) is 82.6 cm³/mol. The molecule has 0 aliphatic carbocycles. The molecule has 20 heavy (non-hydrogen) atoms. The lowest BCUT2D eigenvalue weighted by molar-refractivity contribution is 0.175. The van der Waals surface area contributed by atoms with Gasteiger partial charge in [0, 0.05) is 35.8 Å². The van der Waals surface area contributed by atoms with Gasteiger partial charge in [-0.3, -0.25) is 4.90 Å². The van der Waals surface area contributed by atoms with E-state index in [1.165, 1.54) is 25.3 Å². The van der Waals surface area contributed by atoms with Crippen molar-refractivity contribution in [2.45, 2.75) is 51.7 Å². The third kappa shape index (κ3) is 4.44. The number of halogens is 2. The van der Waals surface area contributed by atoms with Crippen molar-refractivity contribution < 1.29 is 4.39 Å². The molecule has 1 aliphatic heterocycles. The minimum Gasteiger partial charge on any atom is -0.313 e. The first-order chi connectivity index (χ1) is 9.56. The monoisotopic (exact) mass is 298 g/mol. The topological polar surface area (TPSA) is 15.3 Å². The highest BCUT2D eigenvalue weighted by molar-refractivity contribution is 6.30. The van der Waals surface area contributed by atoms with E-state index in [4.69, 9.17) is 11.6 Å². The molecule has 0 saturated carbocycles. The highest BCUT2D eigenvalue weighted by Crippen LogP contribution is 2.19. The molecule has 112 valence electrons. The normalized spacial score (nSPS) is 19.8. The number of nitrogens with zero attached hydrogens (tertiary/aromatic N) is 1. The molecule has 0 aromatic heterocycles. The van der Waals surface area contributed by atoms with Gasteiger partial charge in [0.15, 0.2) is 0 Å². The molecule has 1 atom stereocenters. The fourth-order valence-corrected chi connectivity index (χ4v) is 2.90. The summed E-state index contributed by atoms with van der Waals surface area (Å²) in [6.45, 7) is 6.99. The van der Waals surface area contributed by atoms with Gasteiger partial charge in [0.2, 0.25) is 0 Å². The summed E-state index contributed by atoms with van der Waals surface area (Å²) in [6.07, 6.45) is 3.76. The van der Waals surface area contributed by atoms with E-state index in [0.29, 0.717) is 29.2 Å². The molecule has 1 unspecified atom stereocenters. The summed E-state index contributed by atoms with van der Waals surface area (Å²) >= 11 is 5.97. The Morgan fingerprint density at radius 2 is 2.20 bits per heavy atom. The molecule has 1 aliphatic rings. The van der Waals surface area contributed by atoms with Crippen molar-refractivity contribution in [3.05, 3.63) is 34.6 Å². The van der Waals surface area contributed by atoms with E-state index < -0.39 is 0 Å². The van der Waals surface area contributed by atoms with Gasteiger partial charge in [0.1, 0.15) is 5.82 Å². The van der Waals surface area contributed by atoms with Crippen molar-refractivity contribution >= 4 is 11.6 Å². The van der Waals surface area contributed by atoms with Gasteiger partial charge in [-0.05, 0) is 51.4 Å². The Labute approximate surface area is 126 Å². The van der Waals surface area contributed by atoms with Crippen LogP contribution in [0, 0.1) is 5.82 Å². The van der Waals surface area contributed by atoms with Crippen LogP contribution < -0.4 is 5.32 Å². The molecule has 2 nitrogen and oxygen atoms in total. The van der Waals surface area contributed by atoms with Crippen LogP contribution in [0.3, 0.4) is 0 Å². The van der Waals surface area contributed by atoms with E-state index in [0.717, 1.165) is 13.1 Å². The van der Waals surface area contributed by atoms with E-state index in [9.17, 15) is 4.39 Å². The number of hydrogen-bond donors (Lipinski definition) is 1. The Kier molecular flexibility index (Phi) is 5.82. The summed E-state index contributed by atoms with van der Waals surface area (Å²) in [6, 6.07) is 5.70. The third-order valence-electron chi connectivity index (χ3n) is 3.98. The van der Waals surface area contributed by atoms with Crippen molar-refractivity contribution in [2.75, 3.05) is 13.1 Å². The van der Waals surface area contributed by atoms with Crippen LogP contribution >= 0.6 is 11.6 Å². The Balaban J connectivity index is 2.02. The van der Waals surface area contributed by atoms with E-state index in [1.807, 2.05) is 0 Å². The van der Waals surface area contributed by atoms with Crippen LogP contribution in [0.1, 0.15) is 38.7 Å². The molecule has 1 fully saturated rings. The summed E-state index contributed by atoms with van der Waals surface area (Å²) < 4.78 is 13.9. The maximum Gasteiger partial charge on any atom is 0.127 e. The average Bonchev–Trinajstić information content (AvgIpc) is 2.43. The summed E-state index contributed by atoms with van der Waals surface area (Å²) in [4.78, 5) is 2.32. The van der Waals surface area contributed by atoms with Gasteiger partial charge in [-0.1, -0.05) is 18.0 Å². The molecule has 0 bridgehead atoms. The van der Waals surface area contributed by atoms with Gasteiger partial charge in [-0.2, -0.15) is 0 Å². The number of nitrogens with one attached hydrogen (secondary N) is 1. The Bertz CT molecular complexity index is 430. The Hall–Kier alpha value is -0.640. The van der Waals surface area contributed by atoms with Crippen molar-refractivity contribution in [1.82, 2.24) is 10.2 Å². The quantitative estimate of drug-likeness (QED) is 0.889. The lowest BCUT2D eigenvalue weighted by atomic mass is 10.0. The fourth-order valence-electron chi connectivity index (χ4n) is 2.70. The molecule has 1 saturated heterocycles. The highest BCUT2D eigenvalue weighted by Gasteiger charge is 2.19. The number of hydrogen-bond acceptors (Lipinski definition) is 2. The first kappa shape index (κ1) is 15.7. The van der Waals surface area contributed by atoms with Crippen LogP contribution in [0.25, 0.3) is 0 Å². The van der Waals surface area contributed by atoms with Crippen LogP contribution in [0.15, 0.2) is 18.2 Å². The molecule has 1 N–H and O–H groups in total. The Morgan fingerprint density at radius 3 is 2.85 bits per heavy atom. The summed E-state index contributed by atoms with van der Waals surface area (Å²) in [7, 11) is 0. The molecule has 0 radical (unpaired) electrons. The summed E-state index contributed by atoms with van der Waals surface area (Å²) in [5.74, 6) is -0.170. The van der Waals surface area contributed by atoms with Crippen LogP contribution in [0.4, 0.5) is 4.39 Å². The van der Waals surface area contributed by atoms with E-state index in [-0.39, 0.29) is 5.82 Å². The van der Waals surface area contributed by atoms with Gasteiger partial charge in [-0.15, -0.1) is 0 Å². The predicted octanol–water partition coefficient (Wildman–Crippen LogP) is 3.83. The SMILES string of the molecule is CC(C)N(Cc1cc(Cl)ccc1F)CC1CCCCN1. The zero-order valence-electron chi connectivity index (χ0n) is 12.3. The smallest absolute Gasteiger partial charge is 0.127 e. The zero-order chi connectivity index (χ0) is 14.5. The van der Waals surface area contributed by atoms with Gasteiger partial charge in [-0.25, -0.2) is 4.39 Å². The van der Waals surface area contributed by atoms with Crippen molar-refractivity contribution in [3.8, 4) is 0 Å². The van der Waals surface area contributed by atoms with E-state index >= 15 is 0 Å². The van der Waals surface area contributed by atoms with Crippen molar-refractivity contribution in [2.24, 2.45) is 0 Å². The second-order valence-electron chi connectivity index (χ2n) is 5.91. The summed E-state index contributed by atoms with van der Waals surface area (Å²) in [5.41, 5.74) is 0.682. The average molecular weight is 299 g/mol. The second kappa shape index (κ2) is 7.39. The molecule has 1 aromatic rings. The molecule has 4 heteroatoms. The maximum atomic E-state index is 13.9. The lowest BCUT2D eigenvalue weighted by Crippen LogP contribution is -2.45. The van der Waals surface area contributed by atoms with E-state index in [2.05, 4.69) is 24.1 Å². The Morgan fingerprint density at radius 1 is 1.40 bits per heavy atom. The van der Waals surface area contributed by atoms with Crippen LogP contribution in [0.5, 0.6) is 0 Å². The summed E-state index contributed by atoms with van der Waals surface area (Å²) in [5, 5.41) is 4.15. The van der Waals surface area contributed by atoms with Crippen molar-refractivity contribution in [3.63, 3.8) is 0 Å². The first-order valence-electron chi connectivity index (χ1n) is 7.47. The van der Waals surface area contributed by atoms with Crippen LogP contribution in [-0.2, 0) is 6.54 Å². The molecular formula is C16H24ClFN2. The van der Waals surface area contributed by atoms with Crippen molar-refractivity contribution in [1.29, 1.82) is 0 Å². The number of benzene rings is 1. The van der Waals surface area contributed by atoms with E-state index in [1.54, 1.807) is 12.1 Å². The number of rotatable bonds is 5. The molecule has 1 aromatic carbocycles. The third-order valence-corrected chi connectivity index (χ3v) is 4.21. The zero-order valence-corrected chi connectivity index (χ0v) is 13.1. The van der Waals surface area contributed by atoms with Crippen LogP contribution in [0.2, 0.25) is 5.02 Å². The van der Waals surface area contributed by atoms with Gasteiger partial charge >= 0.3 is 0 Å². The molecular weight excluding hydrogens is 275 g/mol. The maximum absolute atomic E-state index is 13.9. The largest absolute Gasteiger partial charge is 0.313 e. The lowest BCUT2D eigenvalue weighted by Gasteiger charge is -2.33. The molecule has 0 spiro atoms.